The van der Waals surface area contributed by atoms with Crippen molar-refractivity contribution in [1.82, 2.24) is 9.88 Å². The van der Waals surface area contributed by atoms with Gasteiger partial charge in [0.15, 0.2) is 0 Å². The predicted molar refractivity (Wildman–Crippen MR) is 109 cm³/mol. The number of halogens is 1. The van der Waals surface area contributed by atoms with E-state index >= 15 is 0 Å². The van der Waals surface area contributed by atoms with E-state index in [-0.39, 0.29) is 23.2 Å². The van der Waals surface area contributed by atoms with Gasteiger partial charge in [-0.25, -0.2) is 4.98 Å². The summed E-state index contributed by atoms with van der Waals surface area (Å²) in [6.07, 6.45) is 0.816. The number of amides is 2. The summed E-state index contributed by atoms with van der Waals surface area (Å²) in [4.78, 5) is 31.5. The second-order valence-electron chi connectivity index (χ2n) is 6.62. The zero-order valence-corrected chi connectivity index (χ0v) is 15.8. The molecule has 1 aliphatic rings. The molecule has 140 valence electrons. The Balaban J connectivity index is 1.50. The molecule has 6 heteroatoms. The van der Waals surface area contributed by atoms with Crippen molar-refractivity contribution in [2.24, 2.45) is 0 Å². The van der Waals surface area contributed by atoms with Crippen LogP contribution in [0.25, 0.3) is 0 Å². The van der Waals surface area contributed by atoms with Crippen LogP contribution in [0.3, 0.4) is 0 Å². The summed E-state index contributed by atoms with van der Waals surface area (Å²) in [5.74, 6) is -0.562. The molecule has 1 aliphatic heterocycles. The minimum Gasteiger partial charge on any atom is -0.333 e. The molecule has 4 rings (SSSR count). The highest BCUT2D eigenvalue weighted by Crippen LogP contribution is 2.20. The number of rotatable bonds is 3. The fraction of sp³-hybridized carbons (Fsp3) is 0.136. The van der Waals surface area contributed by atoms with Crippen molar-refractivity contribution in [1.29, 1.82) is 0 Å². The molecule has 0 bridgehead atoms. The molecule has 0 atom stereocenters. The molecule has 0 radical (unpaired) electrons. The minimum atomic E-state index is -0.388. The second kappa shape index (κ2) is 7.82. The average molecular weight is 392 g/mol. The molecule has 2 amide bonds. The van der Waals surface area contributed by atoms with E-state index in [2.05, 4.69) is 16.4 Å². The van der Waals surface area contributed by atoms with Crippen molar-refractivity contribution < 1.29 is 9.59 Å². The molecule has 1 N–H and O–H groups in total. The van der Waals surface area contributed by atoms with E-state index in [0.29, 0.717) is 23.8 Å². The van der Waals surface area contributed by atoms with Crippen LogP contribution in [0.15, 0.2) is 66.7 Å². The molecule has 2 heterocycles. The van der Waals surface area contributed by atoms with Crippen LogP contribution < -0.4 is 5.32 Å². The lowest BCUT2D eigenvalue weighted by molar-refractivity contribution is 0.0728. The van der Waals surface area contributed by atoms with Gasteiger partial charge in [0, 0.05) is 23.8 Å². The maximum absolute atomic E-state index is 12.9. The van der Waals surface area contributed by atoms with Crippen molar-refractivity contribution >= 4 is 29.1 Å². The number of nitrogens with zero attached hydrogens (tertiary/aromatic N) is 2. The number of carbonyl (C=O) groups is 2. The van der Waals surface area contributed by atoms with Gasteiger partial charge in [0.2, 0.25) is 0 Å². The number of aromatic nitrogens is 1. The Bertz CT molecular complexity index is 1050. The van der Waals surface area contributed by atoms with Gasteiger partial charge in [-0.2, -0.15) is 0 Å². The molecule has 28 heavy (non-hydrogen) atoms. The Hall–Kier alpha value is -3.18. The first-order valence-corrected chi connectivity index (χ1v) is 9.38. The maximum atomic E-state index is 12.9. The fourth-order valence-electron chi connectivity index (χ4n) is 3.27. The van der Waals surface area contributed by atoms with E-state index in [9.17, 15) is 9.59 Å². The Labute approximate surface area is 168 Å². The van der Waals surface area contributed by atoms with Crippen LogP contribution in [0.4, 0.5) is 5.69 Å². The normalized spacial score (nSPS) is 13.0. The molecule has 0 unspecified atom stereocenters. The van der Waals surface area contributed by atoms with Crippen LogP contribution in [0, 0.1) is 0 Å². The van der Waals surface area contributed by atoms with Crippen LogP contribution in [0.2, 0.25) is 5.02 Å². The standard InChI is InChI=1S/C22H18ClN3O2/c23-17-7-3-8-18(13-17)24-21(27)19-9-4-10-20(25-19)22(28)26-12-11-15-5-1-2-6-16(15)14-26/h1-10,13H,11-12,14H2,(H,24,27). The van der Waals surface area contributed by atoms with Gasteiger partial charge in [0.05, 0.1) is 0 Å². The van der Waals surface area contributed by atoms with Gasteiger partial charge in [-0.05, 0) is 47.9 Å². The largest absolute Gasteiger partial charge is 0.333 e. The highest BCUT2D eigenvalue weighted by molar-refractivity contribution is 6.30. The first kappa shape index (κ1) is 18.2. The lowest BCUT2D eigenvalue weighted by atomic mass is 10.00. The van der Waals surface area contributed by atoms with Gasteiger partial charge < -0.3 is 10.2 Å². The first-order chi connectivity index (χ1) is 13.6. The van der Waals surface area contributed by atoms with Crippen LogP contribution in [0.1, 0.15) is 32.1 Å². The molecule has 0 fully saturated rings. The van der Waals surface area contributed by atoms with Crippen LogP contribution in [0.5, 0.6) is 0 Å². The van der Waals surface area contributed by atoms with E-state index < -0.39 is 0 Å². The third kappa shape index (κ3) is 3.89. The molecule has 2 aromatic carbocycles. The monoisotopic (exact) mass is 391 g/mol. The number of benzene rings is 2. The Morgan fingerprint density at radius 1 is 0.929 bits per heavy atom. The molecule has 0 aliphatic carbocycles. The Kier molecular flexibility index (Phi) is 5.08. The van der Waals surface area contributed by atoms with Crippen molar-refractivity contribution in [3.8, 4) is 0 Å². The summed E-state index contributed by atoms with van der Waals surface area (Å²) in [6, 6.07) is 19.9. The fourth-order valence-corrected chi connectivity index (χ4v) is 3.46. The SMILES string of the molecule is O=C(Nc1cccc(Cl)c1)c1cccc(C(=O)N2CCc3ccccc3C2)n1. The third-order valence-electron chi connectivity index (χ3n) is 4.70. The van der Waals surface area contributed by atoms with E-state index in [0.717, 1.165) is 12.0 Å². The number of fused-ring (bicyclic) bond motifs is 1. The van der Waals surface area contributed by atoms with E-state index in [1.165, 1.54) is 5.56 Å². The zero-order chi connectivity index (χ0) is 19.5. The topological polar surface area (TPSA) is 62.3 Å². The number of carbonyl (C=O) groups excluding carboxylic acids is 2. The summed E-state index contributed by atoms with van der Waals surface area (Å²) in [5.41, 5.74) is 3.44. The van der Waals surface area contributed by atoms with Gasteiger partial charge in [0.25, 0.3) is 11.8 Å². The summed E-state index contributed by atoms with van der Waals surface area (Å²) in [5, 5.41) is 3.27. The molecular weight excluding hydrogens is 374 g/mol. The molecule has 0 saturated carbocycles. The molecule has 1 aromatic heterocycles. The summed E-state index contributed by atoms with van der Waals surface area (Å²) in [6.45, 7) is 1.19. The Morgan fingerprint density at radius 2 is 1.68 bits per heavy atom. The van der Waals surface area contributed by atoms with E-state index in [1.54, 1.807) is 47.4 Å². The van der Waals surface area contributed by atoms with Gasteiger partial charge >= 0.3 is 0 Å². The molecule has 3 aromatic rings. The van der Waals surface area contributed by atoms with Crippen molar-refractivity contribution in [3.63, 3.8) is 0 Å². The quantitative estimate of drug-likeness (QED) is 0.728. The maximum Gasteiger partial charge on any atom is 0.274 e. The Morgan fingerprint density at radius 3 is 2.50 bits per heavy atom. The lowest BCUT2D eigenvalue weighted by Gasteiger charge is -2.28. The summed E-state index contributed by atoms with van der Waals surface area (Å²) < 4.78 is 0. The predicted octanol–water partition coefficient (Wildman–Crippen LogP) is 4.19. The number of hydrogen-bond acceptors (Lipinski definition) is 3. The number of pyridine rings is 1. The smallest absolute Gasteiger partial charge is 0.274 e. The summed E-state index contributed by atoms with van der Waals surface area (Å²) in [7, 11) is 0. The van der Waals surface area contributed by atoms with Crippen molar-refractivity contribution in [2.45, 2.75) is 13.0 Å². The van der Waals surface area contributed by atoms with Crippen molar-refractivity contribution in [3.05, 3.63) is 94.3 Å². The van der Waals surface area contributed by atoms with E-state index in [1.807, 2.05) is 18.2 Å². The molecule has 0 saturated heterocycles. The van der Waals surface area contributed by atoms with Crippen LogP contribution >= 0.6 is 11.6 Å². The van der Waals surface area contributed by atoms with Crippen molar-refractivity contribution in [2.75, 3.05) is 11.9 Å². The molecule has 0 spiro atoms. The van der Waals surface area contributed by atoms with Crippen LogP contribution in [-0.4, -0.2) is 28.2 Å². The second-order valence-corrected chi connectivity index (χ2v) is 7.05. The number of anilines is 1. The first-order valence-electron chi connectivity index (χ1n) is 9.00. The van der Waals surface area contributed by atoms with Crippen LogP contribution in [-0.2, 0) is 13.0 Å². The van der Waals surface area contributed by atoms with E-state index in [4.69, 9.17) is 11.6 Å². The number of hydrogen-bond donors (Lipinski definition) is 1. The van der Waals surface area contributed by atoms with Gasteiger partial charge in [-0.3, -0.25) is 9.59 Å². The average Bonchev–Trinajstić information content (AvgIpc) is 2.73. The van der Waals surface area contributed by atoms with Gasteiger partial charge in [-0.1, -0.05) is 48.0 Å². The number of nitrogens with one attached hydrogen (secondary N) is 1. The highest BCUT2D eigenvalue weighted by Gasteiger charge is 2.23. The molecular formula is C22H18ClN3O2. The molecule has 5 nitrogen and oxygen atoms in total. The zero-order valence-electron chi connectivity index (χ0n) is 15.1. The van der Waals surface area contributed by atoms with Gasteiger partial charge in [0.1, 0.15) is 11.4 Å². The van der Waals surface area contributed by atoms with Gasteiger partial charge in [-0.15, -0.1) is 0 Å². The lowest BCUT2D eigenvalue weighted by Crippen LogP contribution is -2.36. The summed E-state index contributed by atoms with van der Waals surface area (Å²) >= 11 is 5.95. The third-order valence-corrected chi connectivity index (χ3v) is 4.94. The highest BCUT2D eigenvalue weighted by atomic mass is 35.5. The minimum absolute atomic E-state index is 0.174.